The van der Waals surface area contributed by atoms with Crippen LogP contribution in [0.5, 0.6) is 0 Å². The van der Waals surface area contributed by atoms with Crippen LogP contribution in [-0.2, 0) is 13.1 Å². The van der Waals surface area contributed by atoms with Gasteiger partial charge in [0.1, 0.15) is 11.6 Å². The molecule has 1 aromatic heterocycles. The Balaban J connectivity index is 2.18. The molecule has 0 fully saturated rings. The quantitative estimate of drug-likeness (QED) is 0.741. The average Bonchev–Trinajstić information content (AvgIpc) is 2.61. The molecule has 1 aliphatic heterocycles. The lowest BCUT2D eigenvalue weighted by Crippen LogP contribution is -2.45. The maximum absolute atomic E-state index is 4.24. The first kappa shape index (κ1) is 10.6. The van der Waals surface area contributed by atoms with Crippen molar-refractivity contribution >= 4 is 0 Å². The van der Waals surface area contributed by atoms with E-state index in [9.17, 15) is 0 Å². The van der Waals surface area contributed by atoms with E-state index in [0.29, 0.717) is 12.0 Å². The van der Waals surface area contributed by atoms with Gasteiger partial charge in [-0.15, -0.1) is 10.2 Å². The van der Waals surface area contributed by atoms with Crippen molar-refractivity contribution in [3.8, 4) is 0 Å². The summed E-state index contributed by atoms with van der Waals surface area (Å²) in [4.78, 5) is 0. The van der Waals surface area contributed by atoms with Crippen molar-refractivity contribution in [2.45, 2.75) is 38.9 Å². The first-order valence-corrected chi connectivity index (χ1v) is 5.52. The third kappa shape index (κ3) is 2.03. The van der Waals surface area contributed by atoms with Crippen LogP contribution in [0.15, 0.2) is 0 Å². The molecule has 0 amide bonds. The van der Waals surface area contributed by atoms with Crippen molar-refractivity contribution in [2.75, 3.05) is 13.6 Å². The van der Waals surface area contributed by atoms with Crippen molar-refractivity contribution in [2.24, 2.45) is 0 Å². The van der Waals surface area contributed by atoms with Gasteiger partial charge < -0.3 is 15.2 Å². The van der Waals surface area contributed by atoms with E-state index in [4.69, 9.17) is 0 Å². The standard InChI is InChI=1S/C10H19N5/c1-7(2)10-14-13-9-5-12-8(4-11-3)6-15(9)10/h7-8,11-12H,4-6H2,1-3H3. The summed E-state index contributed by atoms with van der Waals surface area (Å²) in [6.07, 6.45) is 0. The Bertz CT molecular complexity index is 331. The number of fused-ring (bicyclic) bond motifs is 1. The number of nitrogens with one attached hydrogen (secondary N) is 2. The van der Waals surface area contributed by atoms with E-state index in [2.05, 4.69) is 39.2 Å². The molecular formula is C10H19N5. The SMILES string of the molecule is CNCC1Cn2c(nnc2C(C)C)CN1. The predicted octanol–water partition coefficient (Wildman–Crippen LogP) is 0.0927. The van der Waals surface area contributed by atoms with Crippen LogP contribution in [0.4, 0.5) is 0 Å². The van der Waals surface area contributed by atoms with Crippen molar-refractivity contribution in [1.29, 1.82) is 0 Å². The zero-order valence-corrected chi connectivity index (χ0v) is 9.62. The Morgan fingerprint density at radius 3 is 3.00 bits per heavy atom. The van der Waals surface area contributed by atoms with Crippen LogP contribution in [0.25, 0.3) is 0 Å². The number of aromatic nitrogens is 3. The Morgan fingerprint density at radius 1 is 1.53 bits per heavy atom. The second-order valence-electron chi connectivity index (χ2n) is 4.38. The van der Waals surface area contributed by atoms with Crippen LogP contribution in [0.3, 0.4) is 0 Å². The molecule has 15 heavy (non-hydrogen) atoms. The predicted molar refractivity (Wildman–Crippen MR) is 58.7 cm³/mol. The highest BCUT2D eigenvalue weighted by atomic mass is 15.3. The molecule has 2 heterocycles. The highest BCUT2D eigenvalue weighted by Crippen LogP contribution is 2.16. The average molecular weight is 209 g/mol. The van der Waals surface area contributed by atoms with Gasteiger partial charge in [0.05, 0.1) is 6.54 Å². The topological polar surface area (TPSA) is 54.8 Å². The Labute approximate surface area is 90.3 Å². The van der Waals surface area contributed by atoms with Crippen molar-refractivity contribution < 1.29 is 0 Å². The minimum Gasteiger partial charge on any atom is -0.318 e. The molecule has 0 radical (unpaired) electrons. The molecule has 0 spiro atoms. The van der Waals surface area contributed by atoms with Gasteiger partial charge in [-0.1, -0.05) is 13.8 Å². The van der Waals surface area contributed by atoms with Crippen LogP contribution < -0.4 is 10.6 Å². The lowest BCUT2D eigenvalue weighted by Gasteiger charge is -2.26. The Hall–Kier alpha value is -0.940. The molecule has 2 N–H and O–H groups in total. The van der Waals surface area contributed by atoms with E-state index in [1.807, 2.05) is 7.05 Å². The van der Waals surface area contributed by atoms with Gasteiger partial charge in [0.15, 0.2) is 0 Å². The molecule has 0 saturated heterocycles. The Morgan fingerprint density at radius 2 is 2.33 bits per heavy atom. The van der Waals surface area contributed by atoms with Crippen molar-refractivity contribution in [3.05, 3.63) is 11.6 Å². The molecule has 1 aliphatic rings. The van der Waals surface area contributed by atoms with Gasteiger partial charge in [-0.05, 0) is 7.05 Å². The summed E-state index contributed by atoms with van der Waals surface area (Å²) in [5.41, 5.74) is 0. The molecular weight excluding hydrogens is 190 g/mol. The first-order valence-electron chi connectivity index (χ1n) is 5.52. The lowest BCUT2D eigenvalue weighted by molar-refractivity contribution is 0.369. The summed E-state index contributed by atoms with van der Waals surface area (Å²) < 4.78 is 2.25. The summed E-state index contributed by atoms with van der Waals surface area (Å²) in [6.45, 7) is 7.09. The number of hydrogen-bond donors (Lipinski definition) is 2. The van der Waals surface area contributed by atoms with Crippen molar-refractivity contribution in [3.63, 3.8) is 0 Å². The monoisotopic (exact) mass is 209 g/mol. The lowest BCUT2D eigenvalue weighted by atomic mass is 10.2. The molecule has 2 rings (SSSR count). The van der Waals surface area contributed by atoms with E-state index in [-0.39, 0.29) is 0 Å². The fraction of sp³-hybridized carbons (Fsp3) is 0.800. The van der Waals surface area contributed by atoms with Crippen molar-refractivity contribution in [1.82, 2.24) is 25.4 Å². The van der Waals surface area contributed by atoms with E-state index in [0.717, 1.165) is 31.3 Å². The molecule has 1 aromatic rings. The van der Waals surface area contributed by atoms with Gasteiger partial charge in [0.25, 0.3) is 0 Å². The third-order valence-electron chi connectivity index (χ3n) is 2.77. The van der Waals surface area contributed by atoms with E-state index >= 15 is 0 Å². The van der Waals surface area contributed by atoms with Crippen LogP contribution in [0, 0.1) is 0 Å². The highest BCUT2D eigenvalue weighted by molar-refractivity contribution is 5.03. The molecule has 0 saturated carbocycles. The van der Waals surface area contributed by atoms with E-state index < -0.39 is 0 Å². The van der Waals surface area contributed by atoms with Gasteiger partial charge in [-0.2, -0.15) is 0 Å². The second-order valence-corrected chi connectivity index (χ2v) is 4.38. The first-order chi connectivity index (χ1) is 7.22. The van der Waals surface area contributed by atoms with Gasteiger partial charge in [0.2, 0.25) is 0 Å². The molecule has 5 heteroatoms. The van der Waals surface area contributed by atoms with Gasteiger partial charge >= 0.3 is 0 Å². The van der Waals surface area contributed by atoms with E-state index in [1.165, 1.54) is 0 Å². The molecule has 1 atom stereocenters. The van der Waals surface area contributed by atoms with Crippen LogP contribution >= 0.6 is 0 Å². The summed E-state index contributed by atoms with van der Waals surface area (Å²) in [7, 11) is 1.98. The highest BCUT2D eigenvalue weighted by Gasteiger charge is 2.22. The summed E-state index contributed by atoms with van der Waals surface area (Å²) in [6, 6.07) is 0.482. The van der Waals surface area contributed by atoms with Gasteiger partial charge in [-0.25, -0.2) is 0 Å². The smallest absolute Gasteiger partial charge is 0.147 e. The number of hydrogen-bond acceptors (Lipinski definition) is 4. The van der Waals surface area contributed by atoms with E-state index in [1.54, 1.807) is 0 Å². The number of nitrogens with zero attached hydrogens (tertiary/aromatic N) is 3. The van der Waals surface area contributed by atoms with Gasteiger partial charge in [0, 0.05) is 25.0 Å². The zero-order valence-electron chi connectivity index (χ0n) is 9.62. The number of rotatable bonds is 3. The van der Waals surface area contributed by atoms with Crippen LogP contribution in [-0.4, -0.2) is 34.4 Å². The largest absolute Gasteiger partial charge is 0.318 e. The number of likely N-dealkylation sites (N-methyl/N-ethyl adjacent to an activating group) is 1. The molecule has 0 aliphatic carbocycles. The minimum atomic E-state index is 0.444. The van der Waals surface area contributed by atoms with Crippen LogP contribution in [0.2, 0.25) is 0 Å². The third-order valence-corrected chi connectivity index (χ3v) is 2.77. The summed E-state index contributed by atoms with van der Waals surface area (Å²) >= 11 is 0. The molecule has 1 unspecified atom stereocenters. The maximum Gasteiger partial charge on any atom is 0.147 e. The molecule has 0 bridgehead atoms. The second kappa shape index (κ2) is 4.28. The molecule has 5 nitrogen and oxygen atoms in total. The Kier molecular flexibility index (Phi) is 3.02. The zero-order chi connectivity index (χ0) is 10.8. The van der Waals surface area contributed by atoms with Crippen LogP contribution in [0.1, 0.15) is 31.4 Å². The fourth-order valence-electron chi connectivity index (χ4n) is 2.01. The minimum absolute atomic E-state index is 0.444. The molecule has 0 aromatic carbocycles. The fourth-order valence-corrected chi connectivity index (χ4v) is 2.01. The molecule has 84 valence electrons. The summed E-state index contributed by atoms with van der Waals surface area (Å²) in [5.74, 6) is 2.61. The van der Waals surface area contributed by atoms with Gasteiger partial charge in [-0.3, -0.25) is 0 Å². The summed E-state index contributed by atoms with van der Waals surface area (Å²) in [5, 5.41) is 15.1. The maximum atomic E-state index is 4.24. The normalized spacial score (nSPS) is 20.7.